The van der Waals surface area contributed by atoms with E-state index in [1.165, 1.54) is 13.5 Å². The lowest BCUT2D eigenvalue weighted by atomic mass is 9.43. The Morgan fingerprint density at radius 1 is 0.974 bits per heavy atom. The second kappa shape index (κ2) is 10.7. The van der Waals surface area contributed by atoms with Gasteiger partial charge < -0.3 is 13.6 Å². The Hall–Kier alpha value is -0.506. The zero-order valence-corrected chi connectivity index (χ0v) is 28.0. The quantitative estimate of drug-likeness (QED) is 0.226. The van der Waals surface area contributed by atoms with Gasteiger partial charge in [-0.3, -0.25) is 9.59 Å². The van der Waals surface area contributed by atoms with Crippen molar-refractivity contribution in [2.75, 3.05) is 7.11 Å². The summed E-state index contributed by atoms with van der Waals surface area (Å²) >= 11 is 0. The molecule has 0 aromatic carbocycles. The fourth-order valence-corrected chi connectivity index (χ4v) is 12.0. The van der Waals surface area contributed by atoms with Crippen molar-refractivity contribution in [3.63, 3.8) is 0 Å². The monoisotopic (exact) mass is 564 g/mol. The standard InChI is InChI=1S/C31H56O5Si2/c1-20(11-14-28(33)34-4)23-12-13-24-29-25(19-27(32)31(23,24)3)30(2)16-15-22(35-37(5,6)7)17-21(30)18-26(29)36-38(8,9)10/h20-26,29H,11-19H2,1-10H3/t20-,21+,22-,23-,24?,25?,26-,29?,30+,31-/m1/s1. The molecule has 0 radical (unpaired) electrons. The molecule has 4 rings (SSSR count). The Bertz CT molecular complexity index is 894. The minimum Gasteiger partial charge on any atom is -0.469 e. The molecule has 0 spiro atoms. The van der Waals surface area contributed by atoms with Crippen LogP contribution in [0.2, 0.25) is 39.3 Å². The molecule has 0 N–H and O–H groups in total. The SMILES string of the molecule is COC(=O)CC[C@@H](C)[C@H]1CCC2C3C(CC(=O)[C@@]21C)[C@@]1(C)CC[C@@H](O[Si](C)(C)C)C[C@H]1C[C@H]3O[Si](C)(C)C. The van der Waals surface area contributed by atoms with Gasteiger partial charge in [0.25, 0.3) is 0 Å². The van der Waals surface area contributed by atoms with E-state index in [9.17, 15) is 9.59 Å². The van der Waals surface area contributed by atoms with Gasteiger partial charge in [-0.1, -0.05) is 20.8 Å². The van der Waals surface area contributed by atoms with E-state index < -0.39 is 16.6 Å². The normalized spacial score (nSPS) is 42.2. The zero-order chi connectivity index (χ0) is 28.3. The van der Waals surface area contributed by atoms with Crippen molar-refractivity contribution in [2.24, 2.45) is 46.3 Å². The molecule has 0 amide bonds. The molecule has 3 unspecified atom stereocenters. The molecular weight excluding hydrogens is 509 g/mol. The number of methoxy groups -OCH3 is 1. The summed E-state index contributed by atoms with van der Waals surface area (Å²) in [6.07, 6.45) is 9.30. The molecule has 5 nitrogen and oxygen atoms in total. The maximum atomic E-state index is 14.3. The number of ether oxygens (including phenoxy) is 1. The molecule has 0 aromatic rings. The highest BCUT2D eigenvalue weighted by Crippen LogP contribution is 2.68. The van der Waals surface area contributed by atoms with Gasteiger partial charge in [0.1, 0.15) is 5.78 Å². The lowest BCUT2D eigenvalue weighted by molar-refractivity contribution is -0.178. The van der Waals surface area contributed by atoms with E-state index in [-0.39, 0.29) is 22.9 Å². The topological polar surface area (TPSA) is 61.8 Å². The molecule has 0 bridgehead atoms. The van der Waals surface area contributed by atoms with Gasteiger partial charge in [0.2, 0.25) is 0 Å². The summed E-state index contributed by atoms with van der Waals surface area (Å²) in [6.45, 7) is 21.0. The van der Waals surface area contributed by atoms with Crippen LogP contribution < -0.4 is 0 Å². The van der Waals surface area contributed by atoms with Crippen molar-refractivity contribution in [3.05, 3.63) is 0 Å². The van der Waals surface area contributed by atoms with Gasteiger partial charge in [-0.05, 0) is 125 Å². The largest absolute Gasteiger partial charge is 0.469 e. The van der Waals surface area contributed by atoms with Crippen molar-refractivity contribution in [3.8, 4) is 0 Å². The molecule has 7 heteroatoms. The van der Waals surface area contributed by atoms with Gasteiger partial charge in [0.15, 0.2) is 16.6 Å². The van der Waals surface area contributed by atoms with Crippen LogP contribution in [0.15, 0.2) is 0 Å². The van der Waals surface area contributed by atoms with E-state index in [0.717, 1.165) is 38.5 Å². The molecule has 218 valence electrons. The highest BCUT2D eigenvalue weighted by Gasteiger charge is 2.66. The number of hydrogen-bond acceptors (Lipinski definition) is 5. The first kappa shape index (κ1) is 30.5. The molecular formula is C31H56O5Si2. The number of ketones is 1. The minimum atomic E-state index is -1.77. The van der Waals surface area contributed by atoms with Crippen LogP contribution in [-0.2, 0) is 23.2 Å². The van der Waals surface area contributed by atoms with Crippen molar-refractivity contribution in [1.29, 1.82) is 0 Å². The van der Waals surface area contributed by atoms with Crippen molar-refractivity contribution >= 4 is 28.4 Å². The first-order valence-electron chi connectivity index (χ1n) is 15.5. The summed E-state index contributed by atoms with van der Waals surface area (Å²) in [5.74, 6) is 2.83. The van der Waals surface area contributed by atoms with E-state index in [1.54, 1.807) is 0 Å². The predicted octanol–water partition coefficient (Wildman–Crippen LogP) is 7.46. The van der Waals surface area contributed by atoms with Gasteiger partial charge in [-0.2, -0.15) is 0 Å². The summed E-state index contributed by atoms with van der Waals surface area (Å²) in [6, 6.07) is 0. The minimum absolute atomic E-state index is 0.143. The van der Waals surface area contributed by atoms with E-state index in [0.29, 0.717) is 60.2 Å². The summed E-state index contributed by atoms with van der Waals surface area (Å²) < 4.78 is 18.7. The number of carbonyl (C=O) groups excluding carboxylic acids is 2. The maximum absolute atomic E-state index is 14.3. The van der Waals surface area contributed by atoms with Crippen molar-refractivity contribution in [2.45, 2.75) is 130 Å². The van der Waals surface area contributed by atoms with Crippen molar-refractivity contribution < 1.29 is 23.2 Å². The maximum Gasteiger partial charge on any atom is 0.305 e. The summed E-state index contributed by atoms with van der Waals surface area (Å²) in [5.41, 5.74) is -0.117. The van der Waals surface area contributed by atoms with Crippen LogP contribution in [-0.4, -0.2) is 47.7 Å². The number of fused-ring (bicyclic) bond motifs is 5. The molecule has 0 aliphatic heterocycles. The Labute approximate surface area is 234 Å². The van der Waals surface area contributed by atoms with Crippen LogP contribution in [0, 0.1) is 46.3 Å². The number of Topliss-reactive ketones (excluding diaryl/α,β-unsaturated/α-hetero) is 1. The van der Waals surface area contributed by atoms with Crippen LogP contribution in [0.25, 0.3) is 0 Å². The Morgan fingerprint density at radius 2 is 1.63 bits per heavy atom. The van der Waals surface area contributed by atoms with Gasteiger partial charge in [0.05, 0.1) is 7.11 Å². The smallest absolute Gasteiger partial charge is 0.305 e. The van der Waals surface area contributed by atoms with E-state index in [2.05, 4.69) is 60.1 Å². The molecule has 4 fully saturated rings. The molecule has 0 heterocycles. The summed E-state index contributed by atoms with van der Waals surface area (Å²) in [4.78, 5) is 26.2. The van der Waals surface area contributed by atoms with Crippen LogP contribution in [0.4, 0.5) is 0 Å². The highest BCUT2D eigenvalue weighted by molar-refractivity contribution is 6.70. The second-order valence-corrected chi connectivity index (χ2v) is 24.7. The highest BCUT2D eigenvalue weighted by atomic mass is 28.4. The molecule has 4 aliphatic carbocycles. The number of carbonyl (C=O) groups is 2. The molecule has 0 aromatic heterocycles. The number of hydrogen-bond donors (Lipinski definition) is 0. The molecule has 38 heavy (non-hydrogen) atoms. The first-order chi connectivity index (χ1) is 17.5. The average Bonchev–Trinajstić information content (AvgIpc) is 3.15. The van der Waals surface area contributed by atoms with E-state index in [1.807, 2.05) is 0 Å². The number of esters is 1. The lowest BCUT2D eigenvalue weighted by Gasteiger charge is -2.63. The summed E-state index contributed by atoms with van der Waals surface area (Å²) in [5, 5.41) is 0. The van der Waals surface area contributed by atoms with Gasteiger partial charge in [-0.15, -0.1) is 0 Å². The molecule has 4 saturated carbocycles. The fourth-order valence-electron chi connectivity index (χ4n) is 9.65. The van der Waals surface area contributed by atoms with Gasteiger partial charge in [0, 0.05) is 30.5 Å². The molecule has 4 aliphatic rings. The van der Waals surface area contributed by atoms with E-state index in [4.69, 9.17) is 13.6 Å². The van der Waals surface area contributed by atoms with E-state index >= 15 is 0 Å². The Balaban J connectivity index is 1.63. The lowest BCUT2D eigenvalue weighted by Crippen LogP contribution is -2.62. The van der Waals surface area contributed by atoms with Crippen molar-refractivity contribution in [1.82, 2.24) is 0 Å². The van der Waals surface area contributed by atoms with Gasteiger partial charge >= 0.3 is 5.97 Å². The molecule has 0 saturated heterocycles. The Morgan fingerprint density at radius 3 is 2.24 bits per heavy atom. The summed E-state index contributed by atoms with van der Waals surface area (Å²) in [7, 11) is -1.90. The third-order valence-electron chi connectivity index (χ3n) is 11.3. The van der Waals surface area contributed by atoms with Gasteiger partial charge in [-0.25, -0.2) is 0 Å². The fraction of sp³-hybridized carbons (Fsp3) is 0.935. The Kier molecular flexibility index (Phi) is 8.59. The average molecular weight is 565 g/mol. The molecule has 10 atom stereocenters. The third kappa shape index (κ3) is 5.78. The van der Waals surface area contributed by atoms with Crippen LogP contribution in [0.1, 0.15) is 78.6 Å². The van der Waals surface area contributed by atoms with Crippen LogP contribution in [0.3, 0.4) is 0 Å². The van der Waals surface area contributed by atoms with Crippen LogP contribution >= 0.6 is 0 Å². The predicted molar refractivity (Wildman–Crippen MR) is 158 cm³/mol. The number of rotatable bonds is 8. The second-order valence-electron chi connectivity index (χ2n) is 15.8. The third-order valence-corrected chi connectivity index (χ3v) is 13.3. The first-order valence-corrected chi connectivity index (χ1v) is 22.3. The zero-order valence-electron chi connectivity index (χ0n) is 26.0. The van der Waals surface area contributed by atoms with Crippen LogP contribution in [0.5, 0.6) is 0 Å².